The van der Waals surface area contributed by atoms with Crippen molar-refractivity contribution in [1.29, 1.82) is 0 Å². The van der Waals surface area contributed by atoms with Gasteiger partial charge in [0.1, 0.15) is 5.82 Å². The van der Waals surface area contributed by atoms with Crippen LogP contribution in [-0.2, 0) is 4.74 Å². The summed E-state index contributed by atoms with van der Waals surface area (Å²) >= 11 is 6.04. The minimum Gasteiger partial charge on any atom is -0.465 e. The second kappa shape index (κ2) is 7.84. The number of methoxy groups -OCH3 is 1. The second-order valence-electron chi connectivity index (χ2n) is 5.54. The van der Waals surface area contributed by atoms with E-state index in [1.54, 1.807) is 36.5 Å². The number of ether oxygens (including phenoxy) is 1. The molecule has 0 unspecified atom stereocenters. The van der Waals surface area contributed by atoms with Gasteiger partial charge in [0, 0.05) is 22.6 Å². The topological polar surface area (TPSA) is 76.1 Å². The van der Waals surface area contributed by atoms with Gasteiger partial charge in [0.15, 0.2) is 0 Å². The summed E-state index contributed by atoms with van der Waals surface area (Å²) in [6.07, 6.45) is 1.65. The summed E-state index contributed by atoms with van der Waals surface area (Å²) in [7, 11) is 1.35. The fourth-order valence-electron chi connectivity index (χ4n) is 2.29. The summed E-state index contributed by atoms with van der Waals surface area (Å²) in [6.45, 7) is 1.98. The molecule has 6 nitrogen and oxygen atoms in total. The Balaban J connectivity index is 1.75. The zero-order valence-corrected chi connectivity index (χ0v) is 15.0. The van der Waals surface area contributed by atoms with Gasteiger partial charge in [-0.1, -0.05) is 17.7 Å². The van der Waals surface area contributed by atoms with Crippen molar-refractivity contribution in [3.63, 3.8) is 0 Å². The number of hydrogen-bond acceptors (Lipinski definition) is 6. The van der Waals surface area contributed by atoms with Crippen LogP contribution in [0.25, 0.3) is 0 Å². The van der Waals surface area contributed by atoms with E-state index in [1.165, 1.54) is 7.11 Å². The van der Waals surface area contributed by atoms with Gasteiger partial charge in [-0.3, -0.25) is 0 Å². The van der Waals surface area contributed by atoms with E-state index in [1.807, 2.05) is 25.1 Å². The first-order chi connectivity index (χ1) is 12.5. The highest BCUT2D eigenvalue weighted by molar-refractivity contribution is 6.30. The normalized spacial score (nSPS) is 10.3. The van der Waals surface area contributed by atoms with E-state index in [4.69, 9.17) is 11.6 Å². The molecule has 0 aliphatic rings. The fraction of sp³-hybridized carbons (Fsp3) is 0.105. The molecule has 0 saturated heterocycles. The number of nitrogens with zero attached hydrogens (tertiary/aromatic N) is 2. The van der Waals surface area contributed by atoms with E-state index >= 15 is 0 Å². The molecule has 3 rings (SSSR count). The summed E-state index contributed by atoms with van der Waals surface area (Å²) in [4.78, 5) is 20.1. The molecule has 0 fully saturated rings. The first kappa shape index (κ1) is 17.7. The quantitative estimate of drug-likeness (QED) is 0.635. The number of esters is 1. The number of benzene rings is 2. The molecule has 0 radical (unpaired) electrons. The molecule has 0 atom stereocenters. The second-order valence-corrected chi connectivity index (χ2v) is 5.98. The number of halogens is 1. The Bertz CT molecular complexity index is 929. The van der Waals surface area contributed by atoms with Gasteiger partial charge in [-0.25, -0.2) is 9.78 Å². The molecule has 7 heteroatoms. The van der Waals surface area contributed by atoms with Crippen molar-refractivity contribution in [2.75, 3.05) is 17.7 Å². The molecule has 1 heterocycles. The molecule has 3 aromatic rings. The van der Waals surface area contributed by atoms with E-state index in [9.17, 15) is 4.79 Å². The van der Waals surface area contributed by atoms with Crippen LogP contribution in [0.3, 0.4) is 0 Å². The Morgan fingerprint density at radius 2 is 1.85 bits per heavy atom. The van der Waals surface area contributed by atoms with Crippen LogP contribution in [0.5, 0.6) is 0 Å². The standard InChI is InChI=1S/C19H17ClN4O2/c1-12-3-6-14(20)11-16(12)23-19-21-10-9-17(24-19)22-15-7-4-13(5-8-15)18(25)26-2/h3-11H,1-2H3,(H2,21,22,23,24). The van der Waals surface area contributed by atoms with Crippen molar-refractivity contribution in [2.45, 2.75) is 6.92 Å². The number of aryl methyl sites for hydroxylation is 1. The highest BCUT2D eigenvalue weighted by atomic mass is 35.5. The van der Waals surface area contributed by atoms with Gasteiger partial charge < -0.3 is 15.4 Å². The van der Waals surface area contributed by atoms with Crippen molar-refractivity contribution in [1.82, 2.24) is 9.97 Å². The van der Waals surface area contributed by atoms with E-state index in [2.05, 4.69) is 25.3 Å². The predicted octanol–water partition coefficient (Wildman–Crippen LogP) is 4.71. The van der Waals surface area contributed by atoms with Crippen LogP contribution in [0.1, 0.15) is 15.9 Å². The van der Waals surface area contributed by atoms with Crippen LogP contribution in [0, 0.1) is 6.92 Å². The Morgan fingerprint density at radius 1 is 1.08 bits per heavy atom. The maximum atomic E-state index is 11.5. The van der Waals surface area contributed by atoms with Gasteiger partial charge in [0.25, 0.3) is 0 Å². The Kier molecular flexibility index (Phi) is 5.34. The van der Waals surface area contributed by atoms with E-state index < -0.39 is 0 Å². The van der Waals surface area contributed by atoms with Crippen molar-refractivity contribution >= 4 is 40.7 Å². The first-order valence-electron chi connectivity index (χ1n) is 7.87. The molecule has 132 valence electrons. The third kappa shape index (κ3) is 4.29. The van der Waals surface area contributed by atoms with Crippen LogP contribution in [0.2, 0.25) is 5.02 Å². The molecular formula is C19H17ClN4O2. The number of nitrogens with one attached hydrogen (secondary N) is 2. The minimum atomic E-state index is -0.373. The lowest BCUT2D eigenvalue weighted by molar-refractivity contribution is 0.0601. The van der Waals surface area contributed by atoms with Gasteiger partial charge in [-0.2, -0.15) is 4.98 Å². The number of carbonyl (C=O) groups excluding carboxylic acids is 1. The van der Waals surface area contributed by atoms with Crippen LogP contribution in [0.4, 0.5) is 23.1 Å². The summed E-state index contributed by atoms with van der Waals surface area (Å²) in [5, 5.41) is 6.97. The highest BCUT2D eigenvalue weighted by Crippen LogP contribution is 2.23. The first-order valence-corrected chi connectivity index (χ1v) is 8.24. The zero-order chi connectivity index (χ0) is 18.5. The van der Waals surface area contributed by atoms with Crippen molar-refractivity contribution in [2.24, 2.45) is 0 Å². The Morgan fingerprint density at radius 3 is 2.58 bits per heavy atom. The molecule has 2 aromatic carbocycles. The van der Waals surface area contributed by atoms with Crippen molar-refractivity contribution < 1.29 is 9.53 Å². The molecular weight excluding hydrogens is 352 g/mol. The molecule has 0 aliphatic heterocycles. The average molecular weight is 369 g/mol. The lowest BCUT2D eigenvalue weighted by atomic mass is 10.2. The van der Waals surface area contributed by atoms with E-state index in [0.29, 0.717) is 22.4 Å². The largest absolute Gasteiger partial charge is 0.465 e. The number of aromatic nitrogens is 2. The SMILES string of the molecule is COC(=O)c1ccc(Nc2ccnc(Nc3cc(Cl)ccc3C)n2)cc1. The van der Waals surface area contributed by atoms with Gasteiger partial charge in [-0.05, 0) is 55.0 Å². The molecule has 0 amide bonds. The smallest absolute Gasteiger partial charge is 0.337 e. The molecule has 0 aliphatic carbocycles. The van der Waals surface area contributed by atoms with Crippen LogP contribution in [0.15, 0.2) is 54.7 Å². The highest BCUT2D eigenvalue weighted by Gasteiger charge is 2.06. The summed E-state index contributed by atoms with van der Waals surface area (Å²) in [6, 6.07) is 14.3. The molecule has 1 aromatic heterocycles. The fourth-order valence-corrected chi connectivity index (χ4v) is 2.47. The van der Waals surface area contributed by atoms with E-state index in [0.717, 1.165) is 16.9 Å². The maximum Gasteiger partial charge on any atom is 0.337 e. The third-order valence-corrected chi connectivity index (χ3v) is 3.92. The summed E-state index contributed by atoms with van der Waals surface area (Å²) in [5.74, 6) is 0.696. The van der Waals surface area contributed by atoms with E-state index in [-0.39, 0.29) is 5.97 Å². The van der Waals surface area contributed by atoms with Gasteiger partial charge >= 0.3 is 5.97 Å². The number of carbonyl (C=O) groups is 1. The number of hydrogen-bond donors (Lipinski definition) is 2. The van der Waals surface area contributed by atoms with Gasteiger partial charge in [-0.15, -0.1) is 0 Å². The zero-order valence-electron chi connectivity index (χ0n) is 14.3. The molecule has 0 spiro atoms. The minimum absolute atomic E-state index is 0.373. The van der Waals surface area contributed by atoms with Crippen LogP contribution < -0.4 is 10.6 Å². The maximum absolute atomic E-state index is 11.5. The number of rotatable bonds is 5. The van der Waals surface area contributed by atoms with Gasteiger partial charge in [0.2, 0.25) is 5.95 Å². The molecule has 0 bridgehead atoms. The molecule has 2 N–H and O–H groups in total. The number of anilines is 4. The average Bonchev–Trinajstić information content (AvgIpc) is 2.65. The Labute approximate surface area is 156 Å². The molecule has 0 saturated carbocycles. The van der Waals surface area contributed by atoms with Crippen molar-refractivity contribution in [3.05, 3.63) is 70.9 Å². The Hall–Kier alpha value is -3.12. The molecule has 26 heavy (non-hydrogen) atoms. The van der Waals surface area contributed by atoms with Gasteiger partial charge in [0.05, 0.1) is 12.7 Å². The van der Waals surface area contributed by atoms with Crippen LogP contribution >= 0.6 is 11.6 Å². The third-order valence-electron chi connectivity index (χ3n) is 3.68. The van der Waals surface area contributed by atoms with Crippen molar-refractivity contribution in [3.8, 4) is 0 Å². The van der Waals surface area contributed by atoms with Crippen LogP contribution in [-0.4, -0.2) is 23.0 Å². The summed E-state index contributed by atoms with van der Waals surface area (Å²) < 4.78 is 4.69. The lowest BCUT2D eigenvalue weighted by Crippen LogP contribution is -2.02. The predicted molar refractivity (Wildman–Crippen MR) is 103 cm³/mol. The lowest BCUT2D eigenvalue weighted by Gasteiger charge is -2.10. The summed E-state index contributed by atoms with van der Waals surface area (Å²) in [5.41, 5.74) is 3.16. The monoisotopic (exact) mass is 368 g/mol.